The highest BCUT2D eigenvalue weighted by Crippen LogP contribution is 2.54. The van der Waals surface area contributed by atoms with Crippen LogP contribution in [0.25, 0.3) is 0 Å². The van der Waals surface area contributed by atoms with Gasteiger partial charge in [-0.3, -0.25) is 10.2 Å². The molecule has 0 bridgehead atoms. The van der Waals surface area contributed by atoms with Gasteiger partial charge in [0.1, 0.15) is 5.82 Å². The molecule has 3 N–H and O–H groups in total. The molecule has 6 nitrogen and oxygen atoms in total. The number of carbonyl (C=O) groups is 1. The van der Waals surface area contributed by atoms with E-state index in [0.29, 0.717) is 11.8 Å². The molecule has 1 saturated carbocycles. The summed E-state index contributed by atoms with van der Waals surface area (Å²) in [6, 6.07) is 7.98. The molecule has 1 heterocycles. The van der Waals surface area contributed by atoms with Crippen molar-refractivity contribution < 1.29 is 4.79 Å². The minimum absolute atomic E-state index is 0.229. The number of halogens is 1. The number of hydrogen-bond acceptors (Lipinski definition) is 5. The third-order valence-corrected chi connectivity index (χ3v) is 5.19. The first-order valence-electron chi connectivity index (χ1n) is 7.44. The Kier molecular flexibility index (Phi) is 4.89. The summed E-state index contributed by atoms with van der Waals surface area (Å²) in [6.07, 6.45) is 1.06. The lowest BCUT2D eigenvalue weighted by Gasteiger charge is -2.07. The van der Waals surface area contributed by atoms with Gasteiger partial charge in [-0.15, -0.1) is 10.2 Å². The maximum atomic E-state index is 11.3. The Morgan fingerprint density at radius 2 is 2.13 bits per heavy atom. The van der Waals surface area contributed by atoms with Gasteiger partial charge < -0.3 is 4.57 Å². The van der Waals surface area contributed by atoms with Crippen LogP contribution in [0.4, 0.5) is 0 Å². The molecule has 1 aromatic heterocycles. The number of nitrogens with zero attached hydrogens (tertiary/aromatic N) is 3. The number of aromatic nitrogens is 3. The second-order valence-electron chi connectivity index (χ2n) is 5.44. The summed E-state index contributed by atoms with van der Waals surface area (Å²) in [7, 11) is 0. The van der Waals surface area contributed by atoms with Crippen LogP contribution in [0.5, 0.6) is 0 Å². The summed E-state index contributed by atoms with van der Waals surface area (Å²) in [5, 5.41) is 10.1. The molecular weight excluding hydrogens is 334 g/mol. The standard InChI is InChI=1S/C15H18ClN5OS/c1-2-21-14(19-20-15(21)23-8-13(22)18-17)12-7-11(12)9-3-5-10(16)6-4-9/h3-6,11-12H,2,7-8,17H2,1H3,(H,18,22). The van der Waals surface area contributed by atoms with Crippen LogP contribution in [-0.4, -0.2) is 26.4 Å². The maximum absolute atomic E-state index is 11.3. The molecule has 0 radical (unpaired) electrons. The highest BCUT2D eigenvalue weighted by atomic mass is 35.5. The van der Waals surface area contributed by atoms with Crippen molar-refractivity contribution in [1.82, 2.24) is 20.2 Å². The van der Waals surface area contributed by atoms with E-state index in [0.717, 1.165) is 29.0 Å². The molecule has 3 rings (SSSR count). The number of benzene rings is 1. The zero-order valence-electron chi connectivity index (χ0n) is 12.7. The van der Waals surface area contributed by atoms with Crippen LogP contribution >= 0.6 is 23.4 Å². The highest BCUT2D eigenvalue weighted by Gasteiger charge is 2.43. The monoisotopic (exact) mass is 351 g/mol. The number of nitrogens with one attached hydrogen (secondary N) is 1. The highest BCUT2D eigenvalue weighted by molar-refractivity contribution is 7.99. The molecule has 8 heteroatoms. The van der Waals surface area contributed by atoms with Gasteiger partial charge in [0.15, 0.2) is 5.16 Å². The number of hydrazine groups is 1. The van der Waals surface area contributed by atoms with Crippen LogP contribution in [0, 0.1) is 0 Å². The smallest absolute Gasteiger partial charge is 0.244 e. The summed E-state index contributed by atoms with van der Waals surface area (Å²) in [5.41, 5.74) is 3.40. The Morgan fingerprint density at radius 1 is 1.39 bits per heavy atom. The summed E-state index contributed by atoms with van der Waals surface area (Å²) >= 11 is 7.29. The Labute approximate surface area is 143 Å². The fraction of sp³-hybridized carbons (Fsp3) is 0.400. The zero-order valence-corrected chi connectivity index (χ0v) is 14.3. The molecule has 2 unspecified atom stereocenters. The largest absolute Gasteiger partial charge is 0.306 e. The molecule has 122 valence electrons. The predicted molar refractivity (Wildman–Crippen MR) is 90.3 cm³/mol. The molecule has 23 heavy (non-hydrogen) atoms. The van der Waals surface area contributed by atoms with E-state index in [-0.39, 0.29) is 11.7 Å². The van der Waals surface area contributed by atoms with E-state index in [2.05, 4.69) is 39.2 Å². The quantitative estimate of drug-likeness (QED) is 0.361. The van der Waals surface area contributed by atoms with E-state index < -0.39 is 0 Å². The van der Waals surface area contributed by atoms with Gasteiger partial charge >= 0.3 is 0 Å². The van der Waals surface area contributed by atoms with Crippen LogP contribution in [0.1, 0.15) is 36.6 Å². The first kappa shape index (κ1) is 16.3. The lowest BCUT2D eigenvalue weighted by atomic mass is 10.1. The number of rotatable bonds is 6. The van der Waals surface area contributed by atoms with Crippen molar-refractivity contribution in [3.05, 3.63) is 40.7 Å². The normalized spacial score (nSPS) is 19.6. The van der Waals surface area contributed by atoms with Gasteiger partial charge in [0.25, 0.3) is 0 Å². The lowest BCUT2D eigenvalue weighted by molar-refractivity contribution is -0.118. The average molecular weight is 352 g/mol. The van der Waals surface area contributed by atoms with Gasteiger partial charge in [0.05, 0.1) is 5.75 Å². The van der Waals surface area contributed by atoms with Crippen molar-refractivity contribution in [2.24, 2.45) is 5.84 Å². The summed E-state index contributed by atoms with van der Waals surface area (Å²) in [5.74, 6) is 6.94. The van der Waals surface area contributed by atoms with Crippen molar-refractivity contribution in [1.29, 1.82) is 0 Å². The third-order valence-electron chi connectivity index (χ3n) is 3.98. The van der Waals surface area contributed by atoms with Gasteiger partial charge in [0, 0.05) is 17.5 Å². The Hall–Kier alpha value is -1.57. The van der Waals surface area contributed by atoms with Crippen LogP contribution in [-0.2, 0) is 11.3 Å². The summed E-state index contributed by atoms with van der Waals surface area (Å²) in [4.78, 5) is 11.3. The molecule has 1 aliphatic carbocycles. The fourth-order valence-corrected chi connectivity index (χ4v) is 3.66. The zero-order chi connectivity index (χ0) is 16.4. The Bertz CT molecular complexity index is 702. The number of amides is 1. The van der Waals surface area contributed by atoms with E-state index in [9.17, 15) is 4.79 Å². The van der Waals surface area contributed by atoms with Crippen molar-refractivity contribution in [2.45, 2.75) is 36.9 Å². The molecule has 0 aliphatic heterocycles. The first-order chi connectivity index (χ1) is 11.1. The Balaban J connectivity index is 1.73. The number of thioether (sulfide) groups is 1. The average Bonchev–Trinajstić information content (AvgIpc) is 3.25. The van der Waals surface area contributed by atoms with Gasteiger partial charge in [-0.2, -0.15) is 0 Å². The van der Waals surface area contributed by atoms with Crippen molar-refractivity contribution >= 4 is 29.3 Å². The second kappa shape index (κ2) is 6.90. The predicted octanol–water partition coefficient (Wildman–Crippen LogP) is 2.30. The first-order valence-corrected chi connectivity index (χ1v) is 8.81. The van der Waals surface area contributed by atoms with Crippen LogP contribution in [0.2, 0.25) is 5.02 Å². The summed E-state index contributed by atoms with van der Waals surface area (Å²) in [6.45, 7) is 2.83. The topological polar surface area (TPSA) is 85.8 Å². The van der Waals surface area contributed by atoms with E-state index >= 15 is 0 Å². The van der Waals surface area contributed by atoms with Crippen molar-refractivity contribution in [3.8, 4) is 0 Å². The van der Waals surface area contributed by atoms with E-state index in [1.807, 2.05) is 12.1 Å². The minimum Gasteiger partial charge on any atom is -0.306 e. The number of hydrogen-bond donors (Lipinski definition) is 2. The van der Waals surface area contributed by atoms with Crippen molar-refractivity contribution in [2.75, 3.05) is 5.75 Å². The van der Waals surface area contributed by atoms with Gasteiger partial charge in [-0.25, -0.2) is 5.84 Å². The van der Waals surface area contributed by atoms with Crippen LogP contribution < -0.4 is 11.3 Å². The molecule has 0 saturated heterocycles. The van der Waals surface area contributed by atoms with Gasteiger partial charge in [-0.05, 0) is 37.0 Å². The molecule has 2 aromatic rings. The third kappa shape index (κ3) is 3.52. The molecule has 1 amide bonds. The molecular formula is C15H18ClN5OS. The molecule has 0 spiro atoms. The lowest BCUT2D eigenvalue weighted by Crippen LogP contribution is -2.31. The van der Waals surface area contributed by atoms with E-state index in [4.69, 9.17) is 17.4 Å². The molecule has 1 fully saturated rings. The number of nitrogens with two attached hydrogens (primary N) is 1. The van der Waals surface area contributed by atoms with Crippen LogP contribution in [0.15, 0.2) is 29.4 Å². The van der Waals surface area contributed by atoms with Crippen LogP contribution in [0.3, 0.4) is 0 Å². The van der Waals surface area contributed by atoms with E-state index in [1.54, 1.807) is 0 Å². The number of carbonyl (C=O) groups excluding carboxylic acids is 1. The second-order valence-corrected chi connectivity index (χ2v) is 6.82. The van der Waals surface area contributed by atoms with Gasteiger partial charge in [0.2, 0.25) is 5.91 Å². The minimum atomic E-state index is -0.229. The SMILES string of the molecule is CCn1c(SCC(=O)NN)nnc1C1CC1c1ccc(Cl)cc1. The maximum Gasteiger partial charge on any atom is 0.244 e. The van der Waals surface area contributed by atoms with Crippen molar-refractivity contribution in [3.63, 3.8) is 0 Å². The molecule has 1 aliphatic rings. The van der Waals surface area contributed by atoms with Gasteiger partial charge in [-0.1, -0.05) is 35.5 Å². The Morgan fingerprint density at radius 3 is 2.78 bits per heavy atom. The van der Waals surface area contributed by atoms with E-state index in [1.165, 1.54) is 17.3 Å². The molecule has 1 aromatic carbocycles. The fourth-order valence-electron chi connectivity index (χ4n) is 2.71. The summed E-state index contributed by atoms with van der Waals surface area (Å²) < 4.78 is 2.08. The molecule has 2 atom stereocenters.